The summed E-state index contributed by atoms with van der Waals surface area (Å²) in [5.74, 6) is -3.88. The number of nitrogens with zero attached hydrogens (tertiary/aromatic N) is 2. The van der Waals surface area contributed by atoms with E-state index in [1.54, 1.807) is 6.07 Å². The molecule has 0 heterocycles. The van der Waals surface area contributed by atoms with Crippen LogP contribution in [0.4, 0.5) is 14.5 Å². The number of nitriles is 1. The lowest BCUT2D eigenvalue weighted by Gasteiger charge is -2.11. The van der Waals surface area contributed by atoms with Crippen LogP contribution < -0.4 is 5.32 Å². The van der Waals surface area contributed by atoms with Crippen molar-refractivity contribution < 1.29 is 18.5 Å². The number of hydrogen-bond acceptors (Lipinski definition) is 4. The predicted molar refractivity (Wildman–Crippen MR) is 60.2 cm³/mol. The molecule has 1 aromatic rings. The van der Waals surface area contributed by atoms with Crippen LogP contribution in [0.5, 0.6) is 0 Å². The molecule has 0 saturated carbocycles. The van der Waals surface area contributed by atoms with Crippen molar-refractivity contribution in [3.05, 3.63) is 39.4 Å². The van der Waals surface area contributed by atoms with Crippen LogP contribution in [0.15, 0.2) is 12.1 Å². The number of nitro benzene ring substituents is 1. The van der Waals surface area contributed by atoms with Crippen LogP contribution in [-0.2, 0) is 0 Å². The maximum Gasteiger partial charge on any atom is 0.305 e. The SMILES string of the molecule is CC(CC#N)NC(=O)c1c(F)ccc([N+](=O)[O-])c1F. The smallest absolute Gasteiger partial charge is 0.305 e. The van der Waals surface area contributed by atoms with Gasteiger partial charge in [-0.2, -0.15) is 9.65 Å². The molecule has 0 saturated heterocycles. The largest absolute Gasteiger partial charge is 0.348 e. The third-order valence-electron chi connectivity index (χ3n) is 2.27. The number of carbonyl (C=O) groups is 1. The zero-order chi connectivity index (χ0) is 14.6. The molecule has 1 N–H and O–H groups in total. The summed E-state index contributed by atoms with van der Waals surface area (Å²) in [5, 5.41) is 21.1. The minimum Gasteiger partial charge on any atom is -0.348 e. The zero-order valence-corrected chi connectivity index (χ0v) is 9.81. The van der Waals surface area contributed by atoms with Gasteiger partial charge >= 0.3 is 5.69 Å². The summed E-state index contributed by atoms with van der Waals surface area (Å²) in [5.41, 5.74) is -2.02. The van der Waals surface area contributed by atoms with E-state index >= 15 is 0 Å². The number of nitro groups is 1. The highest BCUT2D eigenvalue weighted by molar-refractivity contribution is 5.95. The molecule has 1 aromatic carbocycles. The molecule has 1 amide bonds. The van der Waals surface area contributed by atoms with E-state index in [4.69, 9.17) is 5.26 Å². The third kappa shape index (κ3) is 3.22. The molecule has 0 bridgehead atoms. The molecule has 0 aromatic heterocycles. The zero-order valence-electron chi connectivity index (χ0n) is 9.81. The number of halogens is 2. The van der Waals surface area contributed by atoms with Gasteiger partial charge in [-0.25, -0.2) is 4.39 Å². The van der Waals surface area contributed by atoms with E-state index in [1.807, 2.05) is 0 Å². The first-order valence-electron chi connectivity index (χ1n) is 5.18. The van der Waals surface area contributed by atoms with Crippen LogP contribution in [0.1, 0.15) is 23.7 Å². The summed E-state index contributed by atoms with van der Waals surface area (Å²) in [6, 6.07) is 2.43. The molecular weight excluding hydrogens is 260 g/mol. The van der Waals surface area contributed by atoms with Crippen molar-refractivity contribution in [3.8, 4) is 6.07 Å². The number of nitrogens with one attached hydrogen (secondary N) is 1. The lowest BCUT2D eigenvalue weighted by Crippen LogP contribution is -2.33. The molecule has 1 rings (SSSR count). The maximum atomic E-state index is 13.7. The van der Waals surface area contributed by atoms with Crippen molar-refractivity contribution in [2.45, 2.75) is 19.4 Å². The van der Waals surface area contributed by atoms with Crippen molar-refractivity contribution in [1.29, 1.82) is 5.26 Å². The normalized spacial score (nSPS) is 11.5. The summed E-state index contributed by atoms with van der Waals surface area (Å²) >= 11 is 0. The Hall–Kier alpha value is -2.56. The molecule has 1 atom stereocenters. The standard InChI is InChI=1S/C11H9F2N3O3/c1-6(4-5-14)15-11(17)9-7(12)2-3-8(10(9)13)16(18)19/h2-3,6H,4H2,1H3,(H,15,17). The van der Waals surface area contributed by atoms with Gasteiger partial charge < -0.3 is 5.32 Å². The molecular formula is C11H9F2N3O3. The molecule has 0 radical (unpaired) electrons. The lowest BCUT2D eigenvalue weighted by atomic mass is 10.1. The second-order valence-electron chi connectivity index (χ2n) is 3.75. The van der Waals surface area contributed by atoms with Gasteiger partial charge in [0, 0.05) is 12.1 Å². The van der Waals surface area contributed by atoms with Gasteiger partial charge in [0.1, 0.15) is 11.4 Å². The molecule has 8 heteroatoms. The van der Waals surface area contributed by atoms with E-state index in [0.29, 0.717) is 12.1 Å². The summed E-state index contributed by atoms with van der Waals surface area (Å²) in [7, 11) is 0. The van der Waals surface area contributed by atoms with Crippen molar-refractivity contribution >= 4 is 11.6 Å². The average molecular weight is 269 g/mol. The number of amides is 1. The second-order valence-corrected chi connectivity index (χ2v) is 3.75. The van der Waals surface area contributed by atoms with Crippen LogP contribution in [-0.4, -0.2) is 16.9 Å². The van der Waals surface area contributed by atoms with Gasteiger partial charge in [0.2, 0.25) is 5.82 Å². The van der Waals surface area contributed by atoms with E-state index in [0.717, 1.165) is 0 Å². The van der Waals surface area contributed by atoms with E-state index in [1.165, 1.54) is 6.92 Å². The summed E-state index contributed by atoms with van der Waals surface area (Å²) < 4.78 is 27.1. The van der Waals surface area contributed by atoms with Crippen molar-refractivity contribution in [2.75, 3.05) is 0 Å². The average Bonchev–Trinajstić information content (AvgIpc) is 2.28. The number of carbonyl (C=O) groups excluding carboxylic acids is 1. The molecule has 0 fully saturated rings. The number of rotatable bonds is 4. The topological polar surface area (TPSA) is 96.0 Å². The van der Waals surface area contributed by atoms with E-state index < -0.39 is 39.8 Å². The van der Waals surface area contributed by atoms with Crippen LogP contribution >= 0.6 is 0 Å². The fraction of sp³-hybridized carbons (Fsp3) is 0.273. The monoisotopic (exact) mass is 269 g/mol. The van der Waals surface area contributed by atoms with Gasteiger partial charge in [-0.05, 0) is 13.0 Å². The van der Waals surface area contributed by atoms with Crippen LogP contribution in [0.3, 0.4) is 0 Å². The van der Waals surface area contributed by atoms with E-state index in [2.05, 4.69) is 5.32 Å². The Balaban J connectivity index is 3.13. The van der Waals surface area contributed by atoms with Gasteiger partial charge in [-0.3, -0.25) is 14.9 Å². The Morgan fingerprint density at radius 2 is 2.21 bits per heavy atom. The molecule has 0 aliphatic heterocycles. The van der Waals surface area contributed by atoms with Gasteiger partial charge in [-0.1, -0.05) is 0 Å². The first-order valence-corrected chi connectivity index (χ1v) is 5.18. The molecule has 0 spiro atoms. The Labute approximate surface area is 106 Å². The third-order valence-corrected chi connectivity index (χ3v) is 2.27. The number of hydrogen-bond donors (Lipinski definition) is 1. The number of benzene rings is 1. The van der Waals surface area contributed by atoms with Crippen molar-refractivity contribution in [3.63, 3.8) is 0 Å². The van der Waals surface area contributed by atoms with E-state index in [-0.39, 0.29) is 6.42 Å². The second kappa shape index (κ2) is 5.86. The van der Waals surface area contributed by atoms with Gasteiger partial charge in [0.05, 0.1) is 17.4 Å². The highest BCUT2D eigenvalue weighted by Crippen LogP contribution is 2.23. The first kappa shape index (κ1) is 14.5. The van der Waals surface area contributed by atoms with Gasteiger partial charge in [0.15, 0.2) is 0 Å². The maximum absolute atomic E-state index is 13.7. The summed E-state index contributed by atoms with van der Waals surface area (Å²) in [6.45, 7) is 1.47. The summed E-state index contributed by atoms with van der Waals surface area (Å²) in [4.78, 5) is 21.1. The summed E-state index contributed by atoms with van der Waals surface area (Å²) in [6.07, 6.45) is -0.0517. The highest BCUT2D eigenvalue weighted by atomic mass is 19.1. The Kier molecular flexibility index (Phi) is 4.47. The Morgan fingerprint density at radius 3 is 2.74 bits per heavy atom. The fourth-order valence-electron chi connectivity index (χ4n) is 1.37. The molecule has 19 heavy (non-hydrogen) atoms. The molecule has 1 unspecified atom stereocenters. The van der Waals surface area contributed by atoms with Crippen LogP contribution in [0.25, 0.3) is 0 Å². The highest BCUT2D eigenvalue weighted by Gasteiger charge is 2.26. The quantitative estimate of drug-likeness (QED) is 0.667. The molecule has 100 valence electrons. The molecule has 0 aliphatic carbocycles. The minimum atomic E-state index is -1.54. The molecule has 6 nitrogen and oxygen atoms in total. The minimum absolute atomic E-state index is 0.0517. The fourth-order valence-corrected chi connectivity index (χ4v) is 1.37. The molecule has 0 aliphatic rings. The van der Waals surface area contributed by atoms with Gasteiger partial charge in [-0.15, -0.1) is 0 Å². The predicted octanol–water partition coefficient (Wildman–Crippen LogP) is 1.90. The van der Waals surface area contributed by atoms with Crippen LogP contribution in [0, 0.1) is 33.1 Å². The van der Waals surface area contributed by atoms with Crippen molar-refractivity contribution in [1.82, 2.24) is 5.32 Å². The van der Waals surface area contributed by atoms with Crippen LogP contribution in [0.2, 0.25) is 0 Å². The van der Waals surface area contributed by atoms with Crippen molar-refractivity contribution in [2.24, 2.45) is 0 Å². The Morgan fingerprint density at radius 1 is 1.58 bits per heavy atom. The van der Waals surface area contributed by atoms with E-state index in [9.17, 15) is 23.7 Å². The Bertz CT molecular complexity index is 569. The van der Waals surface area contributed by atoms with Gasteiger partial charge in [0.25, 0.3) is 5.91 Å². The lowest BCUT2D eigenvalue weighted by molar-refractivity contribution is -0.387. The first-order chi connectivity index (χ1) is 8.88.